The van der Waals surface area contributed by atoms with E-state index in [-0.39, 0.29) is 17.9 Å². The zero-order chi connectivity index (χ0) is 11.6. The predicted molar refractivity (Wildman–Crippen MR) is 59.8 cm³/mol. The van der Waals surface area contributed by atoms with E-state index in [1.165, 1.54) is 7.11 Å². The number of likely N-dealkylation sites (tertiary alicyclic amines) is 1. The van der Waals surface area contributed by atoms with Gasteiger partial charge in [0.15, 0.2) is 0 Å². The first-order valence-corrected chi connectivity index (χ1v) is 5.81. The first-order chi connectivity index (χ1) is 6.95. The molecule has 1 unspecified atom stereocenters. The summed E-state index contributed by atoms with van der Waals surface area (Å²) in [4.78, 5) is 24.8. The molecule has 0 spiro atoms. The molecule has 1 amide bonds. The molecule has 0 N–H and O–H groups in total. The van der Waals surface area contributed by atoms with E-state index < -0.39 is 4.32 Å². The van der Waals surface area contributed by atoms with Crippen LogP contribution >= 0.6 is 15.9 Å². The molecule has 1 saturated heterocycles. The van der Waals surface area contributed by atoms with Gasteiger partial charge in [-0.1, -0.05) is 15.9 Å². The Bertz CT molecular complexity index is 278. The Labute approximate surface area is 98.1 Å². The van der Waals surface area contributed by atoms with E-state index in [4.69, 9.17) is 4.74 Å². The van der Waals surface area contributed by atoms with E-state index >= 15 is 0 Å². The SMILES string of the molecule is CCN1C(=O)CC[C@H]1C(C)(Br)C(=O)OC. The molecule has 1 aliphatic heterocycles. The molecule has 1 heterocycles. The van der Waals surface area contributed by atoms with Gasteiger partial charge in [0.25, 0.3) is 0 Å². The monoisotopic (exact) mass is 277 g/mol. The van der Waals surface area contributed by atoms with Crippen molar-refractivity contribution < 1.29 is 14.3 Å². The standard InChI is InChI=1S/C10H16BrNO3/c1-4-12-7(5-6-8(12)13)10(2,11)9(14)15-3/h7H,4-6H2,1-3H3/t7-,10?/m0/s1. The molecule has 86 valence electrons. The lowest BCUT2D eigenvalue weighted by Gasteiger charge is -2.33. The average molecular weight is 278 g/mol. The Hall–Kier alpha value is -0.580. The molecule has 0 aromatic heterocycles. The number of esters is 1. The van der Waals surface area contributed by atoms with E-state index in [0.29, 0.717) is 19.4 Å². The van der Waals surface area contributed by atoms with Crippen molar-refractivity contribution in [2.75, 3.05) is 13.7 Å². The number of hydrogen-bond acceptors (Lipinski definition) is 3. The Morgan fingerprint density at radius 1 is 1.73 bits per heavy atom. The van der Waals surface area contributed by atoms with Crippen molar-refractivity contribution in [3.05, 3.63) is 0 Å². The second-order valence-electron chi connectivity index (χ2n) is 3.80. The summed E-state index contributed by atoms with van der Waals surface area (Å²) in [7, 11) is 1.36. The van der Waals surface area contributed by atoms with E-state index in [1.54, 1.807) is 11.8 Å². The zero-order valence-electron chi connectivity index (χ0n) is 9.25. The summed E-state index contributed by atoms with van der Waals surface area (Å²) in [6.45, 7) is 4.29. The van der Waals surface area contributed by atoms with Crippen molar-refractivity contribution >= 4 is 27.8 Å². The van der Waals surface area contributed by atoms with Crippen LogP contribution in [0.25, 0.3) is 0 Å². The summed E-state index contributed by atoms with van der Waals surface area (Å²) < 4.78 is 3.93. The highest BCUT2D eigenvalue weighted by atomic mass is 79.9. The van der Waals surface area contributed by atoms with Gasteiger partial charge in [-0.25, -0.2) is 0 Å². The lowest BCUT2D eigenvalue weighted by molar-refractivity contribution is -0.145. The topological polar surface area (TPSA) is 46.6 Å². The molecule has 0 aromatic rings. The van der Waals surface area contributed by atoms with Gasteiger partial charge in [-0.15, -0.1) is 0 Å². The molecule has 2 atom stereocenters. The minimum absolute atomic E-state index is 0.108. The van der Waals surface area contributed by atoms with Gasteiger partial charge in [-0.2, -0.15) is 0 Å². The fourth-order valence-electron chi connectivity index (χ4n) is 2.03. The first-order valence-electron chi connectivity index (χ1n) is 5.02. The Morgan fingerprint density at radius 3 is 2.80 bits per heavy atom. The molecule has 1 aliphatic rings. The number of rotatable bonds is 3. The molecule has 0 radical (unpaired) electrons. The summed E-state index contributed by atoms with van der Waals surface area (Å²) in [5.41, 5.74) is 0. The molecule has 0 aromatic carbocycles. The van der Waals surface area contributed by atoms with Gasteiger partial charge < -0.3 is 9.64 Å². The van der Waals surface area contributed by atoms with E-state index in [2.05, 4.69) is 15.9 Å². The number of halogens is 1. The molecule has 0 bridgehead atoms. The van der Waals surface area contributed by atoms with Gasteiger partial charge in [-0.3, -0.25) is 9.59 Å². The van der Waals surface area contributed by atoms with Crippen LogP contribution in [0.3, 0.4) is 0 Å². The normalized spacial score (nSPS) is 25.2. The maximum absolute atomic E-state index is 11.6. The maximum atomic E-state index is 11.6. The minimum atomic E-state index is -0.802. The number of hydrogen-bond donors (Lipinski definition) is 0. The third-order valence-electron chi connectivity index (χ3n) is 2.88. The number of ether oxygens (including phenoxy) is 1. The van der Waals surface area contributed by atoms with Gasteiger partial charge in [0.2, 0.25) is 5.91 Å². The molecule has 1 fully saturated rings. The number of carbonyl (C=O) groups excluding carboxylic acids is 2. The molecular formula is C10H16BrNO3. The molecule has 0 saturated carbocycles. The third kappa shape index (κ3) is 2.17. The smallest absolute Gasteiger partial charge is 0.324 e. The largest absolute Gasteiger partial charge is 0.468 e. The fraction of sp³-hybridized carbons (Fsp3) is 0.800. The number of nitrogens with zero attached hydrogens (tertiary/aromatic N) is 1. The van der Waals surface area contributed by atoms with Crippen molar-refractivity contribution in [1.82, 2.24) is 4.90 Å². The van der Waals surface area contributed by atoms with Crippen LogP contribution in [0.4, 0.5) is 0 Å². The average Bonchev–Trinajstić information content (AvgIpc) is 2.58. The molecular weight excluding hydrogens is 262 g/mol. The molecule has 4 nitrogen and oxygen atoms in total. The second-order valence-corrected chi connectivity index (χ2v) is 5.45. The summed E-state index contributed by atoms with van der Waals surface area (Å²) in [6.07, 6.45) is 1.21. The number of methoxy groups -OCH3 is 1. The maximum Gasteiger partial charge on any atom is 0.324 e. The quantitative estimate of drug-likeness (QED) is 0.578. The van der Waals surface area contributed by atoms with Crippen LogP contribution in [0, 0.1) is 0 Å². The van der Waals surface area contributed by atoms with Crippen LogP contribution in [0.15, 0.2) is 0 Å². The second kappa shape index (κ2) is 4.51. The van der Waals surface area contributed by atoms with Gasteiger partial charge in [-0.05, 0) is 20.3 Å². The summed E-state index contributed by atoms with van der Waals surface area (Å²) in [5.74, 6) is -0.224. The van der Waals surface area contributed by atoms with Gasteiger partial charge in [0, 0.05) is 13.0 Å². The van der Waals surface area contributed by atoms with Crippen LogP contribution in [0.2, 0.25) is 0 Å². The Balaban J connectivity index is 2.87. The summed E-state index contributed by atoms with van der Waals surface area (Å²) >= 11 is 3.37. The first kappa shape index (κ1) is 12.5. The van der Waals surface area contributed by atoms with Crippen LogP contribution in [0.1, 0.15) is 26.7 Å². The Kier molecular flexibility index (Phi) is 3.76. The highest BCUT2D eigenvalue weighted by molar-refractivity contribution is 9.10. The predicted octanol–water partition coefficient (Wildman–Crippen LogP) is 1.32. The lowest BCUT2D eigenvalue weighted by Crippen LogP contribution is -2.50. The summed E-state index contributed by atoms with van der Waals surface area (Å²) in [5, 5.41) is 0. The van der Waals surface area contributed by atoms with Gasteiger partial charge >= 0.3 is 5.97 Å². The lowest BCUT2D eigenvalue weighted by atomic mass is 9.99. The van der Waals surface area contributed by atoms with Gasteiger partial charge in [0.05, 0.1) is 13.2 Å². The number of alkyl halides is 1. The van der Waals surface area contributed by atoms with E-state index in [1.807, 2.05) is 6.92 Å². The fourth-order valence-corrected chi connectivity index (χ4v) is 2.67. The molecule has 5 heteroatoms. The number of amides is 1. The Morgan fingerprint density at radius 2 is 2.33 bits per heavy atom. The van der Waals surface area contributed by atoms with Crippen molar-refractivity contribution in [2.24, 2.45) is 0 Å². The van der Waals surface area contributed by atoms with E-state index in [9.17, 15) is 9.59 Å². The molecule has 1 rings (SSSR count). The van der Waals surface area contributed by atoms with Crippen LogP contribution < -0.4 is 0 Å². The highest BCUT2D eigenvalue weighted by Gasteiger charge is 2.47. The molecule has 15 heavy (non-hydrogen) atoms. The van der Waals surface area contributed by atoms with Crippen molar-refractivity contribution in [1.29, 1.82) is 0 Å². The zero-order valence-corrected chi connectivity index (χ0v) is 10.8. The summed E-state index contributed by atoms with van der Waals surface area (Å²) in [6, 6.07) is -0.109. The van der Waals surface area contributed by atoms with Crippen molar-refractivity contribution in [2.45, 2.75) is 37.1 Å². The number of carbonyl (C=O) groups is 2. The van der Waals surface area contributed by atoms with Crippen molar-refractivity contribution in [3.63, 3.8) is 0 Å². The van der Waals surface area contributed by atoms with Crippen molar-refractivity contribution in [3.8, 4) is 0 Å². The molecule has 0 aliphatic carbocycles. The minimum Gasteiger partial charge on any atom is -0.468 e. The van der Waals surface area contributed by atoms with Gasteiger partial charge in [0.1, 0.15) is 4.32 Å². The van der Waals surface area contributed by atoms with Crippen LogP contribution in [-0.4, -0.2) is 40.8 Å². The van der Waals surface area contributed by atoms with Crippen LogP contribution in [-0.2, 0) is 14.3 Å². The third-order valence-corrected chi connectivity index (χ3v) is 3.73. The van der Waals surface area contributed by atoms with E-state index in [0.717, 1.165) is 0 Å². The van der Waals surface area contributed by atoms with Crippen LogP contribution in [0.5, 0.6) is 0 Å². The highest BCUT2D eigenvalue weighted by Crippen LogP contribution is 2.34.